The van der Waals surface area contributed by atoms with Crippen molar-refractivity contribution in [1.29, 1.82) is 0 Å². The van der Waals surface area contributed by atoms with Gasteiger partial charge in [0.25, 0.3) is 0 Å². The summed E-state index contributed by atoms with van der Waals surface area (Å²) in [5.41, 5.74) is 2.46. The molecule has 1 heterocycles. The molecule has 3 nitrogen and oxygen atoms in total. The van der Waals surface area contributed by atoms with Crippen LogP contribution in [0.3, 0.4) is 0 Å². The fourth-order valence-electron chi connectivity index (χ4n) is 3.85. The van der Waals surface area contributed by atoms with E-state index >= 15 is 0 Å². The van der Waals surface area contributed by atoms with E-state index in [4.69, 9.17) is 0 Å². The van der Waals surface area contributed by atoms with Crippen LogP contribution in [0.25, 0.3) is 0 Å². The van der Waals surface area contributed by atoms with E-state index in [1.807, 2.05) is 0 Å². The topological polar surface area (TPSA) is 32.3 Å². The number of carbonyl (C=O) groups is 1. The molecule has 1 amide bonds. The van der Waals surface area contributed by atoms with Crippen molar-refractivity contribution in [3.8, 4) is 0 Å². The minimum Gasteiger partial charge on any atom is -0.319 e. The van der Waals surface area contributed by atoms with Gasteiger partial charge in [-0.1, -0.05) is 49.1 Å². The van der Waals surface area contributed by atoms with Gasteiger partial charge in [-0.2, -0.15) is 0 Å². The van der Waals surface area contributed by atoms with Crippen molar-refractivity contribution in [2.45, 2.75) is 58.2 Å². The highest BCUT2D eigenvalue weighted by atomic mass is 16.2. The third kappa shape index (κ3) is 2.98. The number of aryl methyl sites for hydroxylation is 1. The summed E-state index contributed by atoms with van der Waals surface area (Å²) in [6.07, 6.45) is 6.59. The lowest BCUT2D eigenvalue weighted by atomic mass is 9.83. The Kier molecular flexibility index (Phi) is 4.29. The van der Waals surface area contributed by atoms with E-state index in [2.05, 4.69) is 48.3 Å². The van der Waals surface area contributed by atoms with Crippen LogP contribution in [-0.2, 0) is 4.79 Å². The van der Waals surface area contributed by atoms with Crippen molar-refractivity contribution < 1.29 is 4.79 Å². The Morgan fingerprint density at radius 2 is 1.81 bits per heavy atom. The third-order valence-corrected chi connectivity index (χ3v) is 5.18. The summed E-state index contributed by atoms with van der Waals surface area (Å²) in [5.74, 6) is 0.911. The zero-order chi connectivity index (χ0) is 14.8. The van der Waals surface area contributed by atoms with Gasteiger partial charge >= 0.3 is 0 Å². The predicted molar refractivity (Wildman–Crippen MR) is 84.8 cm³/mol. The summed E-state index contributed by atoms with van der Waals surface area (Å²) in [4.78, 5) is 14.5. The second-order valence-corrected chi connectivity index (χ2v) is 6.63. The Balaban J connectivity index is 1.80. The first-order valence-electron chi connectivity index (χ1n) is 8.28. The molecule has 114 valence electrons. The summed E-state index contributed by atoms with van der Waals surface area (Å²) in [6, 6.07) is 8.88. The van der Waals surface area contributed by atoms with E-state index in [0.717, 1.165) is 0 Å². The molecule has 2 unspecified atom stereocenters. The van der Waals surface area contributed by atoms with Gasteiger partial charge in [-0.25, -0.2) is 0 Å². The van der Waals surface area contributed by atoms with E-state index < -0.39 is 0 Å². The molecule has 1 saturated carbocycles. The molecular weight excluding hydrogens is 260 g/mol. The SMILES string of the molecule is Cc1ccc(C2NCC(=O)N2C(C)C2CCCCC2)cc1. The van der Waals surface area contributed by atoms with Crippen molar-refractivity contribution in [3.05, 3.63) is 35.4 Å². The fraction of sp³-hybridized carbons (Fsp3) is 0.611. The normalized spacial score (nSPS) is 25.3. The standard InChI is InChI=1S/C18H26N2O/c1-13-8-10-16(11-9-13)18-19-12-17(21)20(18)14(2)15-6-4-3-5-7-15/h8-11,14-15,18-19H,3-7,12H2,1-2H3. The van der Waals surface area contributed by atoms with Gasteiger partial charge < -0.3 is 4.90 Å². The van der Waals surface area contributed by atoms with Crippen LogP contribution in [0.4, 0.5) is 0 Å². The molecule has 0 aromatic heterocycles. The van der Waals surface area contributed by atoms with Gasteiger partial charge in [0.15, 0.2) is 0 Å². The van der Waals surface area contributed by atoms with Crippen LogP contribution in [-0.4, -0.2) is 23.4 Å². The molecule has 1 aromatic carbocycles. The number of amides is 1. The molecule has 1 aliphatic carbocycles. The Labute approximate surface area is 127 Å². The largest absolute Gasteiger partial charge is 0.319 e. The lowest BCUT2D eigenvalue weighted by molar-refractivity contribution is -0.131. The summed E-state index contributed by atoms with van der Waals surface area (Å²) in [6.45, 7) is 4.80. The van der Waals surface area contributed by atoms with Gasteiger partial charge in [-0.15, -0.1) is 0 Å². The Hall–Kier alpha value is -1.35. The highest BCUT2D eigenvalue weighted by Gasteiger charge is 2.38. The predicted octanol–water partition coefficient (Wildman–Crippen LogP) is 3.39. The third-order valence-electron chi connectivity index (χ3n) is 5.18. The summed E-state index contributed by atoms with van der Waals surface area (Å²) >= 11 is 0. The fourth-order valence-corrected chi connectivity index (χ4v) is 3.85. The van der Waals surface area contributed by atoms with E-state index in [-0.39, 0.29) is 12.1 Å². The molecule has 2 aliphatic rings. The first-order valence-corrected chi connectivity index (χ1v) is 8.28. The number of carbonyl (C=O) groups excluding carboxylic acids is 1. The zero-order valence-electron chi connectivity index (χ0n) is 13.1. The molecule has 1 N–H and O–H groups in total. The average Bonchev–Trinajstić information content (AvgIpc) is 2.90. The molecule has 21 heavy (non-hydrogen) atoms. The number of nitrogens with one attached hydrogen (secondary N) is 1. The van der Waals surface area contributed by atoms with Crippen molar-refractivity contribution >= 4 is 5.91 Å². The van der Waals surface area contributed by atoms with Crippen LogP contribution in [0.15, 0.2) is 24.3 Å². The molecule has 0 bridgehead atoms. The zero-order valence-corrected chi connectivity index (χ0v) is 13.1. The molecule has 2 fully saturated rings. The van der Waals surface area contributed by atoms with Crippen LogP contribution in [0, 0.1) is 12.8 Å². The van der Waals surface area contributed by atoms with E-state index in [9.17, 15) is 4.79 Å². The Morgan fingerprint density at radius 3 is 2.48 bits per heavy atom. The lowest BCUT2D eigenvalue weighted by Crippen LogP contribution is -2.42. The Bertz CT molecular complexity index is 490. The molecule has 2 atom stereocenters. The monoisotopic (exact) mass is 286 g/mol. The molecule has 3 rings (SSSR count). The number of hydrogen-bond acceptors (Lipinski definition) is 2. The van der Waals surface area contributed by atoms with Crippen LogP contribution in [0.1, 0.15) is 56.3 Å². The summed E-state index contributed by atoms with van der Waals surface area (Å²) in [7, 11) is 0. The molecule has 0 radical (unpaired) electrons. The maximum absolute atomic E-state index is 12.4. The molecule has 0 spiro atoms. The van der Waals surface area contributed by atoms with Crippen molar-refractivity contribution in [2.75, 3.05) is 6.54 Å². The van der Waals surface area contributed by atoms with Crippen LogP contribution >= 0.6 is 0 Å². The van der Waals surface area contributed by atoms with Gasteiger partial charge in [0.05, 0.1) is 6.54 Å². The Morgan fingerprint density at radius 1 is 1.14 bits per heavy atom. The van der Waals surface area contributed by atoms with Crippen LogP contribution in [0.2, 0.25) is 0 Å². The number of rotatable bonds is 3. The highest BCUT2D eigenvalue weighted by Crippen LogP contribution is 2.34. The molecule has 3 heteroatoms. The van der Waals surface area contributed by atoms with E-state index in [1.54, 1.807) is 0 Å². The molecule has 1 saturated heterocycles. The first kappa shape index (κ1) is 14.6. The average molecular weight is 286 g/mol. The van der Waals surface area contributed by atoms with E-state index in [0.29, 0.717) is 18.5 Å². The van der Waals surface area contributed by atoms with Gasteiger partial charge in [0.1, 0.15) is 6.17 Å². The van der Waals surface area contributed by atoms with Gasteiger partial charge in [-0.3, -0.25) is 10.1 Å². The van der Waals surface area contributed by atoms with Gasteiger partial charge in [-0.05, 0) is 38.2 Å². The van der Waals surface area contributed by atoms with Gasteiger partial charge in [0, 0.05) is 6.04 Å². The van der Waals surface area contributed by atoms with Crippen molar-refractivity contribution in [1.82, 2.24) is 10.2 Å². The quantitative estimate of drug-likeness (QED) is 0.923. The number of benzene rings is 1. The van der Waals surface area contributed by atoms with E-state index in [1.165, 1.54) is 43.2 Å². The smallest absolute Gasteiger partial charge is 0.238 e. The molecule has 1 aliphatic heterocycles. The molecular formula is C18H26N2O. The maximum Gasteiger partial charge on any atom is 0.238 e. The second-order valence-electron chi connectivity index (χ2n) is 6.63. The number of nitrogens with zero attached hydrogens (tertiary/aromatic N) is 1. The summed E-state index contributed by atoms with van der Waals surface area (Å²) in [5, 5.41) is 3.39. The number of hydrogen-bond donors (Lipinski definition) is 1. The van der Waals surface area contributed by atoms with Crippen molar-refractivity contribution in [3.63, 3.8) is 0 Å². The summed E-state index contributed by atoms with van der Waals surface area (Å²) < 4.78 is 0. The first-order chi connectivity index (χ1) is 10.2. The highest BCUT2D eigenvalue weighted by molar-refractivity contribution is 5.81. The lowest BCUT2D eigenvalue weighted by Gasteiger charge is -2.37. The minimum atomic E-state index is 0.0510. The van der Waals surface area contributed by atoms with Crippen molar-refractivity contribution in [2.24, 2.45) is 5.92 Å². The molecule has 1 aromatic rings. The second kappa shape index (κ2) is 6.18. The van der Waals surface area contributed by atoms with Crippen LogP contribution in [0.5, 0.6) is 0 Å². The van der Waals surface area contributed by atoms with Gasteiger partial charge in [0.2, 0.25) is 5.91 Å². The van der Waals surface area contributed by atoms with Crippen LogP contribution < -0.4 is 5.32 Å². The maximum atomic E-state index is 12.4. The minimum absolute atomic E-state index is 0.0510.